The number of hydrogen-bond donors (Lipinski definition) is 2. The molecule has 14 heavy (non-hydrogen) atoms. The lowest BCUT2D eigenvalue weighted by Gasteiger charge is -2.04. The van der Waals surface area contributed by atoms with Crippen LogP contribution in [0.3, 0.4) is 0 Å². The maximum absolute atomic E-state index is 4.38. The van der Waals surface area contributed by atoms with Crippen molar-refractivity contribution in [2.75, 3.05) is 12.3 Å². The lowest BCUT2D eigenvalue weighted by molar-refractivity contribution is 0.728. The standard InChI is InChI=1S/C9H14N4S/c1-7-4-11-9(13-7)14-3-2-8-5-10-6-12-8/h5-7H,2-4H2,1H3,(H,10,12)(H,11,13). The van der Waals surface area contributed by atoms with Gasteiger partial charge in [-0.3, -0.25) is 4.99 Å². The molecule has 1 aliphatic heterocycles. The van der Waals surface area contributed by atoms with Crippen molar-refractivity contribution in [3.8, 4) is 0 Å². The van der Waals surface area contributed by atoms with Crippen LogP contribution in [0, 0.1) is 0 Å². The minimum atomic E-state index is 0.504. The van der Waals surface area contributed by atoms with Gasteiger partial charge >= 0.3 is 0 Å². The van der Waals surface area contributed by atoms with Crippen molar-refractivity contribution in [2.24, 2.45) is 4.99 Å². The third-order valence-corrected chi connectivity index (χ3v) is 2.97. The molecule has 0 aliphatic carbocycles. The molecule has 0 saturated heterocycles. The van der Waals surface area contributed by atoms with Crippen molar-refractivity contribution in [1.29, 1.82) is 0 Å². The number of aryl methyl sites for hydroxylation is 1. The van der Waals surface area contributed by atoms with Gasteiger partial charge in [-0.2, -0.15) is 0 Å². The molecule has 0 aromatic carbocycles. The van der Waals surface area contributed by atoms with E-state index in [2.05, 4.69) is 27.2 Å². The van der Waals surface area contributed by atoms with E-state index in [4.69, 9.17) is 0 Å². The van der Waals surface area contributed by atoms with E-state index in [1.165, 1.54) is 5.69 Å². The van der Waals surface area contributed by atoms with Crippen molar-refractivity contribution in [3.05, 3.63) is 18.2 Å². The fourth-order valence-electron chi connectivity index (χ4n) is 1.29. The van der Waals surface area contributed by atoms with Crippen molar-refractivity contribution >= 4 is 16.9 Å². The van der Waals surface area contributed by atoms with Crippen molar-refractivity contribution in [3.63, 3.8) is 0 Å². The number of nitrogens with one attached hydrogen (secondary N) is 2. The first-order chi connectivity index (χ1) is 6.84. The molecule has 2 heterocycles. The first kappa shape index (κ1) is 9.58. The number of nitrogens with zero attached hydrogens (tertiary/aromatic N) is 2. The third kappa shape index (κ3) is 2.51. The highest BCUT2D eigenvalue weighted by Crippen LogP contribution is 2.10. The molecule has 0 bridgehead atoms. The largest absolute Gasteiger partial charge is 0.361 e. The Kier molecular flexibility index (Phi) is 3.08. The molecule has 1 atom stereocenters. The molecule has 0 spiro atoms. The average Bonchev–Trinajstić information content (AvgIpc) is 2.77. The summed E-state index contributed by atoms with van der Waals surface area (Å²) in [5.74, 6) is 1.04. The van der Waals surface area contributed by atoms with Crippen molar-refractivity contribution in [1.82, 2.24) is 15.3 Å². The monoisotopic (exact) mass is 210 g/mol. The summed E-state index contributed by atoms with van der Waals surface area (Å²) in [7, 11) is 0. The fourth-order valence-corrected chi connectivity index (χ4v) is 2.25. The second-order valence-electron chi connectivity index (χ2n) is 3.37. The van der Waals surface area contributed by atoms with Crippen LogP contribution >= 0.6 is 11.8 Å². The molecule has 5 heteroatoms. The van der Waals surface area contributed by atoms with Crippen LogP contribution in [0.25, 0.3) is 0 Å². The Labute approximate surface area is 87.6 Å². The van der Waals surface area contributed by atoms with Crippen molar-refractivity contribution < 1.29 is 0 Å². The summed E-state index contributed by atoms with van der Waals surface area (Å²) in [5, 5.41) is 4.40. The van der Waals surface area contributed by atoms with Gasteiger partial charge < -0.3 is 10.3 Å². The van der Waals surface area contributed by atoms with E-state index in [0.29, 0.717) is 6.04 Å². The minimum Gasteiger partial charge on any atom is -0.361 e. The zero-order chi connectivity index (χ0) is 9.80. The predicted octanol–water partition coefficient (Wildman–Crippen LogP) is 1.03. The van der Waals surface area contributed by atoms with Crippen LogP contribution in [0.2, 0.25) is 0 Å². The van der Waals surface area contributed by atoms with Crippen LogP contribution in [0.1, 0.15) is 12.6 Å². The Morgan fingerprint density at radius 2 is 2.57 bits per heavy atom. The van der Waals surface area contributed by atoms with Gasteiger partial charge in [-0.25, -0.2) is 4.98 Å². The molecule has 2 rings (SSSR count). The van der Waals surface area contributed by atoms with Gasteiger partial charge in [0.25, 0.3) is 0 Å². The predicted molar refractivity (Wildman–Crippen MR) is 59.6 cm³/mol. The first-order valence-electron chi connectivity index (χ1n) is 4.75. The normalized spacial score (nSPS) is 20.6. The molecular weight excluding hydrogens is 196 g/mol. The number of H-pyrrole nitrogens is 1. The number of aromatic amines is 1. The average molecular weight is 210 g/mol. The number of rotatable bonds is 3. The summed E-state index contributed by atoms with van der Waals surface area (Å²) in [4.78, 5) is 11.4. The van der Waals surface area contributed by atoms with E-state index < -0.39 is 0 Å². The molecule has 0 fully saturated rings. The molecule has 1 aromatic heterocycles. The van der Waals surface area contributed by atoms with Gasteiger partial charge in [0.1, 0.15) is 0 Å². The van der Waals surface area contributed by atoms with Crippen LogP contribution in [-0.2, 0) is 6.42 Å². The summed E-state index contributed by atoms with van der Waals surface area (Å²) >= 11 is 1.78. The molecule has 2 N–H and O–H groups in total. The number of aromatic nitrogens is 2. The Bertz CT molecular complexity index is 307. The Hall–Kier alpha value is -0.970. The quantitative estimate of drug-likeness (QED) is 0.783. The van der Waals surface area contributed by atoms with E-state index in [1.54, 1.807) is 18.1 Å². The number of imidazole rings is 1. The Balaban J connectivity index is 1.69. The molecule has 1 aliphatic rings. The highest BCUT2D eigenvalue weighted by Gasteiger charge is 2.12. The summed E-state index contributed by atoms with van der Waals surface area (Å²) in [5.41, 5.74) is 1.18. The fraction of sp³-hybridized carbons (Fsp3) is 0.556. The van der Waals surface area contributed by atoms with E-state index in [1.807, 2.05) is 6.20 Å². The number of thioether (sulfide) groups is 1. The summed E-state index contributed by atoms with van der Waals surface area (Å²) < 4.78 is 0. The molecule has 0 saturated carbocycles. The van der Waals surface area contributed by atoms with Crippen LogP contribution in [0.5, 0.6) is 0 Å². The molecule has 0 radical (unpaired) electrons. The van der Waals surface area contributed by atoms with Crippen LogP contribution in [0.4, 0.5) is 0 Å². The molecule has 1 aromatic rings. The van der Waals surface area contributed by atoms with Crippen molar-refractivity contribution in [2.45, 2.75) is 19.4 Å². The number of aliphatic imine (C=N–C) groups is 1. The Morgan fingerprint density at radius 1 is 1.64 bits per heavy atom. The lowest BCUT2D eigenvalue weighted by atomic mass is 10.4. The summed E-state index contributed by atoms with van der Waals surface area (Å²) in [6, 6.07) is 0.504. The number of amidine groups is 1. The van der Waals surface area contributed by atoms with E-state index in [0.717, 1.165) is 23.9 Å². The van der Waals surface area contributed by atoms with Gasteiger partial charge in [-0.15, -0.1) is 0 Å². The van der Waals surface area contributed by atoms with Crippen LogP contribution in [-0.4, -0.2) is 33.5 Å². The van der Waals surface area contributed by atoms with Gasteiger partial charge in [-0.1, -0.05) is 11.8 Å². The second kappa shape index (κ2) is 4.50. The highest BCUT2D eigenvalue weighted by molar-refractivity contribution is 8.13. The number of hydrogen-bond acceptors (Lipinski definition) is 4. The van der Waals surface area contributed by atoms with Crippen LogP contribution in [0.15, 0.2) is 17.5 Å². The zero-order valence-corrected chi connectivity index (χ0v) is 8.97. The molecule has 0 amide bonds. The molecule has 1 unspecified atom stereocenters. The highest BCUT2D eigenvalue weighted by atomic mass is 32.2. The summed E-state index contributed by atoms with van der Waals surface area (Å²) in [6.45, 7) is 3.05. The first-order valence-corrected chi connectivity index (χ1v) is 5.74. The molecular formula is C9H14N4S. The maximum atomic E-state index is 4.38. The topological polar surface area (TPSA) is 53.1 Å². The lowest BCUT2D eigenvalue weighted by Crippen LogP contribution is -2.25. The molecule has 76 valence electrons. The SMILES string of the molecule is CC1CN=C(SCCc2cnc[nH]2)N1. The summed E-state index contributed by atoms with van der Waals surface area (Å²) in [6.07, 6.45) is 4.60. The van der Waals surface area contributed by atoms with E-state index in [9.17, 15) is 0 Å². The third-order valence-electron chi connectivity index (χ3n) is 2.04. The Morgan fingerprint density at radius 3 is 3.21 bits per heavy atom. The van der Waals surface area contributed by atoms with E-state index >= 15 is 0 Å². The van der Waals surface area contributed by atoms with E-state index in [-0.39, 0.29) is 0 Å². The van der Waals surface area contributed by atoms with Gasteiger partial charge in [0, 0.05) is 23.7 Å². The van der Waals surface area contributed by atoms with Gasteiger partial charge in [0.15, 0.2) is 5.17 Å². The van der Waals surface area contributed by atoms with Crippen LogP contribution < -0.4 is 5.32 Å². The minimum absolute atomic E-state index is 0.504. The maximum Gasteiger partial charge on any atom is 0.156 e. The second-order valence-corrected chi connectivity index (χ2v) is 4.45. The van der Waals surface area contributed by atoms with Gasteiger partial charge in [-0.05, 0) is 13.3 Å². The zero-order valence-electron chi connectivity index (χ0n) is 8.16. The van der Waals surface area contributed by atoms with Gasteiger partial charge in [0.2, 0.25) is 0 Å². The van der Waals surface area contributed by atoms with Gasteiger partial charge in [0.05, 0.1) is 12.9 Å². The molecule has 4 nitrogen and oxygen atoms in total. The smallest absolute Gasteiger partial charge is 0.156 e.